The Bertz CT molecular complexity index is 371. The number of nitrogens with two attached hydrogens (primary N) is 2. The number of aliphatic carboxylic acids is 1. The van der Waals surface area contributed by atoms with Gasteiger partial charge in [0.05, 0.1) is 0 Å². The van der Waals surface area contributed by atoms with Crippen molar-refractivity contribution in [1.82, 2.24) is 4.90 Å². The molecule has 1 unspecified atom stereocenters. The second kappa shape index (κ2) is 7.22. The van der Waals surface area contributed by atoms with E-state index in [9.17, 15) is 14.7 Å². The van der Waals surface area contributed by atoms with Crippen LogP contribution in [0.1, 0.15) is 19.3 Å². The van der Waals surface area contributed by atoms with E-state index in [0.29, 0.717) is 38.1 Å². The quantitative estimate of drug-likeness (QED) is 0.213. The monoisotopic (exact) mass is 288 g/mol. The second-order valence-electron chi connectivity index (χ2n) is 4.60. The minimum atomic E-state index is -0.988. The summed E-state index contributed by atoms with van der Waals surface area (Å²) in [6.45, 7) is 0.825. The summed E-state index contributed by atoms with van der Waals surface area (Å²) in [5, 5.41) is 9.22. The number of likely N-dealkylation sites (tertiary alicyclic amines) is 1. The van der Waals surface area contributed by atoms with Gasteiger partial charge in [-0.15, -0.1) is 0 Å². The molecule has 0 aromatic carbocycles. The van der Waals surface area contributed by atoms with Crippen LogP contribution in [0.4, 0.5) is 0 Å². The van der Waals surface area contributed by atoms with Crippen molar-refractivity contribution in [2.24, 2.45) is 22.4 Å². The minimum Gasteiger partial charge on any atom is -0.480 e. The Hall–Kier alpha value is -1.44. The molecule has 1 amide bonds. The van der Waals surface area contributed by atoms with E-state index in [2.05, 4.69) is 17.6 Å². The third-order valence-corrected chi connectivity index (χ3v) is 3.60. The largest absolute Gasteiger partial charge is 0.480 e. The fourth-order valence-electron chi connectivity index (χ4n) is 2.14. The molecule has 0 spiro atoms. The van der Waals surface area contributed by atoms with E-state index in [1.165, 1.54) is 4.90 Å². The zero-order valence-corrected chi connectivity index (χ0v) is 11.6. The molecule has 1 rings (SSSR count). The van der Waals surface area contributed by atoms with Crippen LogP contribution in [-0.4, -0.2) is 52.7 Å². The third kappa shape index (κ3) is 4.62. The van der Waals surface area contributed by atoms with Gasteiger partial charge < -0.3 is 21.5 Å². The Morgan fingerprint density at radius 2 is 2.26 bits per heavy atom. The molecule has 0 saturated carbocycles. The lowest BCUT2D eigenvalue weighted by atomic mass is 10.1. The average molecular weight is 288 g/mol. The molecule has 1 aliphatic rings. The highest BCUT2D eigenvalue weighted by Crippen LogP contribution is 2.23. The van der Waals surface area contributed by atoms with Crippen LogP contribution < -0.4 is 11.5 Å². The fourth-order valence-corrected chi connectivity index (χ4v) is 2.38. The first-order chi connectivity index (χ1) is 8.95. The molecule has 1 heterocycles. The summed E-state index contributed by atoms with van der Waals surface area (Å²) in [4.78, 5) is 28.3. The first-order valence-corrected chi connectivity index (χ1v) is 6.77. The van der Waals surface area contributed by atoms with Crippen molar-refractivity contribution in [2.45, 2.75) is 25.3 Å². The average Bonchev–Trinajstić information content (AvgIpc) is 2.69. The molecular formula is C11H20N4O3S. The van der Waals surface area contributed by atoms with Gasteiger partial charge in [0, 0.05) is 19.5 Å². The van der Waals surface area contributed by atoms with Crippen LogP contribution in [0.15, 0.2) is 4.99 Å². The molecule has 0 bridgehead atoms. The number of guanidine groups is 1. The number of rotatable bonds is 7. The molecule has 19 heavy (non-hydrogen) atoms. The van der Waals surface area contributed by atoms with E-state index in [-0.39, 0.29) is 17.8 Å². The SMILES string of the molecule is NC(N)=NCCC[C@@H](C(=O)O)N1CC(CS)CC1=O. The fraction of sp³-hybridized carbons (Fsp3) is 0.727. The summed E-state index contributed by atoms with van der Waals surface area (Å²) in [6, 6.07) is -0.799. The van der Waals surface area contributed by atoms with E-state index >= 15 is 0 Å². The predicted octanol–water partition coefficient (Wildman–Crippen LogP) is -0.728. The molecule has 2 atom stereocenters. The zero-order chi connectivity index (χ0) is 14.4. The topological polar surface area (TPSA) is 122 Å². The Kier molecular flexibility index (Phi) is 5.94. The molecule has 0 aromatic rings. The van der Waals surface area contributed by atoms with Crippen LogP contribution in [0.5, 0.6) is 0 Å². The van der Waals surface area contributed by atoms with Gasteiger partial charge in [0.15, 0.2) is 5.96 Å². The van der Waals surface area contributed by atoms with Crippen molar-refractivity contribution >= 4 is 30.5 Å². The van der Waals surface area contributed by atoms with Crippen LogP contribution in [0.2, 0.25) is 0 Å². The van der Waals surface area contributed by atoms with Crippen molar-refractivity contribution in [1.29, 1.82) is 0 Å². The van der Waals surface area contributed by atoms with E-state index in [0.717, 1.165) is 0 Å². The molecule has 5 N–H and O–H groups in total. The normalized spacial score (nSPS) is 20.4. The Balaban J connectivity index is 2.55. The van der Waals surface area contributed by atoms with Gasteiger partial charge in [-0.25, -0.2) is 4.79 Å². The lowest BCUT2D eigenvalue weighted by Gasteiger charge is -2.24. The van der Waals surface area contributed by atoms with Crippen molar-refractivity contribution in [3.63, 3.8) is 0 Å². The molecular weight excluding hydrogens is 268 g/mol. The van der Waals surface area contributed by atoms with Crippen LogP contribution in [-0.2, 0) is 9.59 Å². The van der Waals surface area contributed by atoms with Gasteiger partial charge in [-0.1, -0.05) is 0 Å². The number of hydrogen-bond donors (Lipinski definition) is 4. The highest BCUT2D eigenvalue weighted by Gasteiger charge is 2.36. The zero-order valence-electron chi connectivity index (χ0n) is 10.7. The summed E-state index contributed by atoms with van der Waals surface area (Å²) in [7, 11) is 0. The summed E-state index contributed by atoms with van der Waals surface area (Å²) in [6.07, 6.45) is 1.24. The van der Waals surface area contributed by atoms with Crippen LogP contribution in [0, 0.1) is 5.92 Å². The van der Waals surface area contributed by atoms with E-state index in [4.69, 9.17) is 11.5 Å². The molecule has 0 aromatic heterocycles. The predicted molar refractivity (Wildman–Crippen MR) is 75.0 cm³/mol. The third-order valence-electron chi connectivity index (χ3n) is 3.09. The first kappa shape index (κ1) is 15.6. The van der Waals surface area contributed by atoms with E-state index in [1.807, 2.05) is 0 Å². The van der Waals surface area contributed by atoms with Gasteiger partial charge in [0.25, 0.3) is 0 Å². The van der Waals surface area contributed by atoms with E-state index in [1.54, 1.807) is 0 Å². The van der Waals surface area contributed by atoms with Crippen LogP contribution in [0.3, 0.4) is 0 Å². The number of carbonyl (C=O) groups excluding carboxylic acids is 1. The van der Waals surface area contributed by atoms with Gasteiger partial charge in [-0.2, -0.15) is 12.6 Å². The van der Waals surface area contributed by atoms with Crippen LogP contribution >= 0.6 is 12.6 Å². The first-order valence-electron chi connectivity index (χ1n) is 6.14. The van der Waals surface area contributed by atoms with Crippen molar-refractivity contribution in [3.8, 4) is 0 Å². The number of carboxylic acids is 1. The van der Waals surface area contributed by atoms with Crippen molar-refractivity contribution in [2.75, 3.05) is 18.8 Å². The maximum Gasteiger partial charge on any atom is 0.326 e. The van der Waals surface area contributed by atoms with Gasteiger partial charge in [-0.05, 0) is 24.5 Å². The van der Waals surface area contributed by atoms with E-state index < -0.39 is 12.0 Å². The standard InChI is InChI=1S/C11H20N4O3S/c12-11(13)14-3-1-2-8(10(17)18)15-5-7(6-19)4-9(15)16/h7-8,19H,1-6H2,(H,17,18)(H4,12,13,14)/t7?,8-/m0/s1. The molecule has 7 nitrogen and oxygen atoms in total. The summed E-state index contributed by atoms with van der Waals surface area (Å²) in [5.41, 5.74) is 10.4. The number of carbonyl (C=O) groups is 2. The summed E-state index contributed by atoms with van der Waals surface area (Å²) >= 11 is 4.15. The number of carboxylic acid groups (broad SMARTS) is 1. The Morgan fingerprint density at radius 1 is 1.58 bits per heavy atom. The summed E-state index contributed by atoms with van der Waals surface area (Å²) in [5.74, 6) is -0.399. The second-order valence-corrected chi connectivity index (χ2v) is 4.97. The van der Waals surface area contributed by atoms with Gasteiger partial charge >= 0.3 is 5.97 Å². The number of nitrogens with zero attached hydrogens (tertiary/aromatic N) is 2. The maximum atomic E-state index is 11.8. The highest BCUT2D eigenvalue weighted by atomic mass is 32.1. The Morgan fingerprint density at radius 3 is 2.74 bits per heavy atom. The number of aliphatic imine (C=N–C) groups is 1. The minimum absolute atomic E-state index is 0.0146. The van der Waals surface area contributed by atoms with Crippen molar-refractivity contribution < 1.29 is 14.7 Å². The molecule has 1 aliphatic heterocycles. The smallest absolute Gasteiger partial charge is 0.326 e. The molecule has 8 heteroatoms. The maximum absolute atomic E-state index is 11.8. The van der Waals surface area contributed by atoms with Crippen LogP contribution in [0.25, 0.3) is 0 Å². The number of thiol groups is 1. The van der Waals surface area contributed by atoms with Gasteiger partial charge in [0.2, 0.25) is 5.91 Å². The highest BCUT2D eigenvalue weighted by molar-refractivity contribution is 7.80. The molecule has 108 valence electrons. The molecule has 1 saturated heterocycles. The lowest BCUT2D eigenvalue weighted by molar-refractivity contribution is -0.148. The molecule has 0 radical (unpaired) electrons. The Labute approximate surface area is 117 Å². The van der Waals surface area contributed by atoms with Gasteiger partial charge in [0.1, 0.15) is 6.04 Å². The molecule has 0 aliphatic carbocycles. The molecule has 1 fully saturated rings. The van der Waals surface area contributed by atoms with Gasteiger partial charge in [-0.3, -0.25) is 9.79 Å². The number of amides is 1. The lowest BCUT2D eigenvalue weighted by Crippen LogP contribution is -2.42. The van der Waals surface area contributed by atoms with Crippen molar-refractivity contribution in [3.05, 3.63) is 0 Å². The summed E-state index contributed by atoms with van der Waals surface area (Å²) < 4.78 is 0. The number of hydrogen-bond acceptors (Lipinski definition) is 4.